The van der Waals surface area contributed by atoms with Crippen molar-refractivity contribution in [1.82, 2.24) is 10.6 Å². The second-order valence-corrected chi connectivity index (χ2v) is 9.88. The van der Waals surface area contributed by atoms with Crippen LogP contribution < -0.4 is 20.3 Å². The summed E-state index contributed by atoms with van der Waals surface area (Å²) in [6, 6.07) is 11.3. The number of amides is 2. The van der Waals surface area contributed by atoms with Crippen LogP contribution in [0.1, 0.15) is 36.8 Å². The van der Waals surface area contributed by atoms with E-state index in [4.69, 9.17) is 4.74 Å². The molecule has 0 aromatic heterocycles. The van der Waals surface area contributed by atoms with E-state index in [9.17, 15) is 14.0 Å². The van der Waals surface area contributed by atoms with Gasteiger partial charge in [-0.25, -0.2) is 4.39 Å². The lowest BCUT2D eigenvalue weighted by Gasteiger charge is -2.26. The molecule has 2 bridgehead atoms. The maximum atomic E-state index is 14.5. The largest absolute Gasteiger partial charge is 0.497 e. The normalized spacial score (nSPS) is 23.9. The number of nitrogens with zero attached hydrogens (tertiary/aromatic N) is 1. The van der Waals surface area contributed by atoms with Gasteiger partial charge in [0.25, 0.3) is 0 Å². The van der Waals surface area contributed by atoms with Gasteiger partial charge in [-0.1, -0.05) is 30.4 Å². The fourth-order valence-electron chi connectivity index (χ4n) is 5.54. The van der Waals surface area contributed by atoms with Crippen molar-refractivity contribution in [1.29, 1.82) is 0 Å². The highest BCUT2D eigenvalue weighted by atomic mass is 19.1. The van der Waals surface area contributed by atoms with E-state index >= 15 is 0 Å². The van der Waals surface area contributed by atoms with Crippen LogP contribution >= 0.6 is 0 Å². The molecule has 37 heavy (non-hydrogen) atoms. The van der Waals surface area contributed by atoms with Crippen LogP contribution in [-0.4, -0.2) is 38.1 Å². The summed E-state index contributed by atoms with van der Waals surface area (Å²) >= 11 is 0. The molecule has 3 unspecified atom stereocenters. The molecule has 1 aliphatic carbocycles. The summed E-state index contributed by atoms with van der Waals surface area (Å²) in [5.74, 6) is 0.102. The standard InChI is InChI=1S/C30H32FN3O3/c1-34(22-10-12-23(37-2)13-11-22)30(36)28-17-20-14-19(15-21(31)16-20)6-5-9-27-25(18-29(35)33-28)24-7-3-4-8-26(24)32-27/h4-6,8,10-16,24,26,28,32H,3,7,9,17-18H2,1-2H3,(H,33,35)/b6-5-. The Hall–Kier alpha value is -3.87. The van der Waals surface area contributed by atoms with Crippen LogP contribution in [-0.2, 0) is 16.0 Å². The maximum Gasteiger partial charge on any atom is 0.249 e. The first-order chi connectivity index (χ1) is 17.9. The predicted octanol–water partition coefficient (Wildman–Crippen LogP) is 4.52. The molecule has 5 rings (SSSR count). The van der Waals surface area contributed by atoms with Crippen LogP contribution in [0.25, 0.3) is 6.08 Å². The van der Waals surface area contributed by atoms with Crippen molar-refractivity contribution in [2.24, 2.45) is 5.92 Å². The van der Waals surface area contributed by atoms with Crippen LogP contribution in [0.5, 0.6) is 5.75 Å². The number of nitrogens with one attached hydrogen (secondary N) is 2. The number of anilines is 1. The number of rotatable bonds is 3. The third kappa shape index (κ3) is 5.45. The number of carbonyl (C=O) groups is 2. The zero-order valence-corrected chi connectivity index (χ0v) is 21.2. The number of likely N-dealkylation sites (N-methyl/N-ethyl adjacent to an activating group) is 1. The Bertz CT molecular complexity index is 1280. The minimum absolute atomic E-state index is 0.183. The molecule has 0 saturated carbocycles. The molecule has 0 fully saturated rings. The third-order valence-corrected chi connectivity index (χ3v) is 7.42. The molecule has 7 heteroatoms. The summed E-state index contributed by atoms with van der Waals surface area (Å²) < 4.78 is 19.7. The summed E-state index contributed by atoms with van der Waals surface area (Å²) in [5.41, 5.74) is 4.20. The van der Waals surface area contributed by atoms with E-state index in [2.05, 4.69) is 22.8 Å². The molecular formula is C30H32FN3O3. The molecule has 0 saturated heterocycles. The van der Waals surface area contributed by atoms with Crippen LogP contribution in [0.3, 0.4) is 0 Å². The van der Waals surface area contributed by atoms with Gasteiger partial charge in [-0.05, 0) is 65.9 Å². The third-order valence-electron chi connectivity index (χ3n) is 7.42. The van der Waals surface area contributed by atoms with Crippen LogP contribution in [0.2, 0.25) is 0 Å². The molecule has 3 aliphatic rings. The smallest absolute Gasteiger partial charge is 0.249 e. The van der Waals surface area contributed by atoms with E-state index < -0.39 is 6.04 Å². The van der Waals surface area contributed by atoms with Gasteiger partial charge in [0, 0.05) is 43.6 Å². The summed E-state index contributed by atoms with van der Waals surface area (Å²) in [4.78, 5) is 28.6. The number of halogens is 1. The second-order valence-electron chi connectivity index (χ2n) is 9.88. The second kappa shape index (κ2) is 10.6. The van der Waals surface area contributed by atoms with Crippen LogP contribution in [0.4, 0.5) is 10.1 Å². The van der Waals surface area contributed by atoms with Gasteiger partial charge in [-0.3, -0.25) is 9.59 Å². The molecular weight excluding hydrogens is 469 g/mol. The fourth-order valence-corrected chi connectivity index (χ4v) is 5.54. The van der Waals surface area contributed by atoms with Gasteiger partial charge >= 0.3 is 0 Å². The number of hydrogen-bond acceptors (Lipinski definition) is 4. The highest BCUT2D eigenvalue weighted by Crippen LogP contribution is 2.37. The number of carbonyl (C=O) groups excluding carboxylic acids is 2. The quantitative estimate of drug-likeness (QED) is 0.607. The molecule has 2 aromatic carbocycles. The first kappa shape index (κ1) is 24.8. The highest BCUT2D eigenvalue weighted by Gasteiger charge is 2.35. The van der Waals surface area contributed by atoms with Gasteiger partial charge in [-0.15, -0.1) is 0 Å². The lowest BCUT2D eigenvalue weighted by atomic mass is 9.84. The molecule has 2 aliphatic heterocycles. The van der Waals surface area contributed by atoms with Crippen molar-refractivity contribution < 1.29 is 18.7 Å². The Morgan fingerprint density at radius 2 is 1.92 bits per heavy atom. The zero-order chi connectivity index (χ0) is 25.9. The molecule has 2 aromatic rings. The number of methoxy groups -OCH3 is 1. The van der Waals surface area contributed by atoms with Gasteiger partial charge in [0.05, 0.1) is 13.2 Å². The molecule has 6 nitrogen and oxygen atoms in total. The first-order valence-electron chi connectivity index (χ1n) is 12.7. The molecule has 3 atom stereocenters. The number of hydrogen-bond donors (Lipinski definition) is 2. The average molecular weight is 502 g/mol. The van der Waals surface area contributed by atoms with Crippen molar-refractivity contribution in [3.8, 4) is 5.75 Å². The van der Waals surface area contributed by atoms with Gasteiger partial charge in [0.2, 0.25) is 11.8 Å². The number of fused-ring (bicyclic) bond motifs is 4. The van der Waals surface area contributed by atoms with Crippen molar-refractivity contribution in [3.05, 3.63) is 88.9 Å². The number of ether oxygens (including phenoxy) is 1. The Balaban J connectivity index is 1.47. The van der Waals surface area contributed by atoms with Crippen LogP contribution in [0, 0.1) is 11.7 Å². The van der Waals surface area contributed by atoms with E-state index in [1.165, 1.54) is 17.0 Å². The molecule has 0 radical (unpaired) electrons. The maximum absolute atomic E-state index is 14.5. The minimum Gasteiger partial charge on any atom is -0.497 e. The zero-order valence-electron chi connectivity index (χ0n) is 21.2. The Labute approximate surface area is 216 Å². The first-order valence-corrected chi connectivity index (χ1v) is 12.7. The summed E-state index contributed by atoms with van der Waals surface area (Å²) in [6.45, 7) is 0. The molecule has 2 heterocycles. The molecule has 2 N–H and O–H groups in total. The van der Waals surface area contributed by atoms with E-state index in [0.29, 0.717) is 23.4 Å². The van der Waals surface area contributed by atoms with Crippen LogP contribution in [0.15, 0.2) is 72.0 Å². The van der Waals surface area contributed by atoms with Gasteiger partial charge < -0.3 is 20.3 Å². The Morgan fingerprint density at radius 1 is 1.11 bits per heavy atom. The Morgan fingerprint density at radius 3 is 2.70 bits per heavy atom. The minimum atomic E-state index is -0.848. The van der Waals surface area contributed by atoms with Gasteiger partial charge in [-0.2, -0.15) is 0 Å². The lowest BCUT2D eigenvalue weighted by molar-refractivity contribution is -0.127. The van der Waals surface area contributed by atoms with E-state index in [1.54, 1.807) is 38.4 Å². The van der Waals surface area contributed by atoms with Crippen molar-refractivity contribution in [3.63, 3.8) is 0 Å². The topological polar surface area (TPSA) is 70.7 Å². The molecule has 0 spiro atoms. The van der Waals surface area contributed by atoms with E-state index in [0.717, 1.165) is 29.7 Å². The SMILES string of the molecule is COc1ccc(N(C)C(=O)C2Cc3cc(F)cc(c3)/C=C\CC3=C(CC(=O)N2)C2CCC=CC2N3)cc1. The fraction of sp³-hybridized carbons (Fsp3) is 0.333. The monoisotopic (exact) mass is 501 g/mol. The Kier molecular flexibility index (Phi) is 7.12. The highest BCUT2D eigenvalue weighted by molar-refractivity contribution is 5.99. The lowest BCUT2D eigenvalue weighted by Crippen LogP contribution is -2.49. The van der Waals surface area contributed by atoms with E-state index in [1.807, 2.05) is 18.2 Å². The average Bonchev–Trinajstić information content (AvgIpc) is 3.24. The van der Waals surface area contributed by atoms with Gasteiger partial charge in [0.1, 0.15) is 17.6 Å². The molecule has 192 valence electrons. The molecule has 2 amide bonds. The number of benzene rings is 2. The van der Waals surface area contributed by atoms with E-state index in [-0.39, 0.29) is 42.4 Å². The summed E-state index contributed by atoms with van der Waals surface area (Å²) in [7, 11) is 3.26. The summed E-state index contributed by atoms with van der Waals surface area (Å²) in [6.07, 6.45) is 11.3. The predicted molar refractivity (Wildman–Crippen MR) is 143 cm³/mol. The number of allylic oxidation sites excluding steroid dienone is 2. The summed E-state index contributed by atoms with van der Waals surface area (Å²) in [5, 5.41) is 6.57. The van der Waals surface area contributed by atoms with Crippen molar-refractivity contribution in [2.45, 2.75) is 44.2 Å². The van der Waals surface area contributed by atoms with Crippen molar-refractivity contribution >= 4 is 23.6 Å². The van der Waals surface area contributed by atoms with Gasteiger partial charge in [0.15, 0.2) is 0 Å². The van der Waals surface area contributed by atoms with Crippen molar-refractivity contribution in [2.75, 3.05) is 19.1 Å².